The molecule has 0 atom stereocenters. The molecular formula is C26H29N7O. The number of nitrogens with one attached hydrogen (secondary N) is 2. The maximum atomic E-state index is 12.8. The summed E-state index contributed by atoms with van der Waals surface area (Å²) < 4.78 is 1.79. The third-order valence-electron chi connectivity index (χ3n) is 6.19. The van der Waals surface area contributed by atoms with Gasteiger partial charge in [-0.25, -0.2) is 4.98 Å². The minimum Gasteiger partial charge on any atom is -0.366 e. The fraction of sp³-hybridized carbons (Fsp3) is 0.346. The van der Waals surface area contributed by atoms with Crippen LogP contribution in [0.3, 0.4) is 0 Å². The number of Topliss-reactive ketones (excluding diaryl/α,β-unsaturated/α-hetero) is 1. The van der Waals surface area contributed by atoms with E-state index < -0.39 is 0 Å². The quantitative estimate of drug-likeness (QED) is 0.406. The van der Waals surface area contributed by atoms with Gasteiger partial charge in [-0.05, 0) is 57.3 Å². The largest absolute Gasteiger partial charge is 0.366 e. The molecule has 2 N–H and O–H groups in total. The topological polar surface area (TPSA) is 97.6 Å². The van der Waals surface area contributed by atoms with Crippen molar-refractivity contribution in [1.82, 2.24) is 30.0 Å². The van der Waals surface area contributed by atoms with Crippen LogP contribution in [0.15, 0.2) is 55.2 Å². The predicted molar refractivity (Wildman–Crippen MR) is 133 cm³/mol. The van der Waals surface area contributed by atoms with Gasteiger partial charge >= 0.3 is 0 Å². The molecule has 0 bridgehead atoms. The smallest absolute Gasteiger partial charge is 0.171 e. The molecule has 0 unspecified atom stereocenters. The number of rotatable bonds is 7. The van der Waals surface area contributed by atoms with Crippen LogP contribution in [0.25, 0.3) is 22.0 Å². The standard InChI is InChI=1S/C26H29N7O/c1-17(2)33-16-21(13-30-33)25(34)11-23-10-20-9-18(3-4-19(20)12-29-23)24-14-28-15-26(32-24)31-22-5-7-27-8-6-22/h3-4,9-10,12-17,22,27H,5-8,11H2,1-2H3,(H,31,32). The number of benzene rings is 1. The van der Waals surface area contributed by atoms with E-state index in [1.54, 1.807) is 29.5 Å². The first-order valence-corrected chi connectivity index (χ1v) is 11.8. The molecule has 0 radical (unpaired) electrons. The summed E-state index contributed by atoms with van der Waals surface area (Å²) in [6.07, 6.45) is 11.2. The summed E-state index contributed by atoms with van der Waals surface area (Å²) in [6.45, 7) is 6.11. The first-order chi connectivity index (χ1) is 16.5. The zero-order chi connectivity index (χ0) is 23.5. The van der Waals surface area contributed by atoms with Gasteiger partial charge < -0.3 is 10.6 Å². The molecule has 1 aromatic carbocycles. The Hall–Kier alpha value is -3.65. The molecule has 34 heavy (non-hydrogen) atoms. The van der Waals surface area contributed by atoms with Crippen LogP contribution in [0.4, 0.5) is 5.82 Å². The van der Waals surface area contributed by atoms with Gasteiger partial charge in [0.15, 0.2) is 5.78 Å². The Morgan fingerprint density at radius 3 is 2.76 bits per heavy atom. The fourth-order valence-electron chi connectivity index (χ4n) is 4.22. The summed E-state index contributed by atoms with van der Waals surface area (Å²) in [5.74, 6) is 0.810. The zero-order valence-electron chi connectivity index (χ0n) is 19.5. The van der Waals surface area contributed by atoms with E-state index in [2.05, 4.69) is 31.8 Å². The number of hydrogen-bond acceptors (Lipinski definition) is 7. The van der Waals surface area contributed by atoms with Crippen molar-refractivity contribution in [3.63, 3.8) is 0 Å². The Balaban J connectivity index is 1.35. The number of pyridine rings is 1. The van der Waals surface area contributed by atoms with Gasteiger partial charge in [-0.2, -0.15) is 5.10 Å². The summed E-state index contributed by atoms with van der Waals surface area (Å²) in [7, 11) is 0. The number of hydrogen-bond donors (Lipinski definition) is 2. The lowest BCUT2D eigenvalue weighted by molar-refractivity contribution is 0.0992. The second-order valence-electron chi connectivity index (χ2n) is 9.10. The molecule has 4 heterocycles. The van der Waals surface area contributed by atoms with Gasteiger partial charge in [0.25, 0.3) is 0 Å². The highest BCUT2D eigenvalue weighted by Crippen LogP contribution is 2.24. The second kappa shape index (κ2) is 9.69. The Labute approximate surface area is 198 Å². The molecule has 4 aromatic rings. The van der Waals surface area contributed by atoms with E-state index in [9.17, 15) is 4.79 Å². The van der Waals surface area contributed by atoms with Gasteiger partial charge in [0, 0.05) is 41.1 Å². The average molecular weight is 456 g/mol. The molecule has 0 amide bonds. The SMILES string of the molecule is CC(C)n1cc(C(=O)Cc2cc3cc(-c4cncc(NC5CCNCC5)n4)ccc3cn2)cn1. The lowest BCUT2D eigenvalue weighted by Gasteiger charge is -2.24. The maximum absolute atomic E-state index is 12.8. The molecule has 8 heteroatoms. The summed E-state index contributed by atoms with van der Waals surface area (Å²) in [4.78, 5) is 26.5. The van der Waals surface area contributed by atoms with Crippen molar-refractivity contribution in [2.75, 3.05) is 18.4 Å². The molecule has 5 rings (SSSR count). The van der Waals surface area contributed by atoms with Crippen LogP contribution < -0.4 is 10.6 Å². The lowest BCUT2D eigenvalue weighted by Crippen LogP contribution is -2.35. The van der Waals surface area contributed by atoms with Crippen LogP contribution in [-0.4, -0.2) is 49.6 Å². The first kappa shape index (κ1) is 22.2. The van der Waals surface area contributed by atoms with Crippen LogP contribution in [0.1, 0.15) is 48.8 Å². The molecule has 3 aromatic heterocycles. The second-order valence-corrected chi connectivity index (χ2v) is 9.10. The van der Waals surface area contributed by atoms with E-state index in [4.69, 9.17) is 4.98 Å². The van der Waals surface area contributed by atoms with Crippen molar-refractivity contribution in [2.45, 2.75) is 45.2 Å². The summed E-state index contributed by atoms with van der Waals surface area (Å²) in [5.41, 5.74) is 3.14. The minimum atomic E-state index is 0.0115. The Bertz CT molecular complexity index is 1310. The third-order valence-corrected chi connectivity index (χ3v) is 6.19. The van der Waals surface area contributed by atoms with Gasteiger partial charge in [0.2, 0.25) is 0 Å². The van der Waals surface area contributed by atoms with Crippen molar-refractivity contribution >= 4 is 22.4 Å². The molecule has 174 valence electrons. The van der Waals surface area contributed by atoms with E-state index in [1.165, 1.54) is 0 Å². The highest BCUT2D eigenvalue weighted by molar-refractivity contribution is 5.97. The molecule has 1 saturated heterocycles. The average Bonchev–Trinajstić information content (AvgIpc) is 3.36. The van der Waals surface area contributed by atoms with Crippen LogP contribution in [0.5, 0.6) is 0 Å². The van der Waals surface area contributed by atoms with Crippen LogP contribution in [-0.2, 0) is 6.42 Å². The number of carbonyl (C=O) groups excluding carboxylic acids is 1. The van der Waals surface area contributed by atoms with Crippen LogP contribution >= 0.6 is 0 Å². The number of piperidine rings is 1. The van der Waals surface area contributed by atoms with E-state index >= 15 is 0 Å². The molecular weight excluding hydrogens is 426 g/mol. The molecule has 1 fully saturated rings. The van der Waals surface area contributed by atoms with E-state index in [0.29, 0.717) is 11.6 Å². The highest BCUT2D eigenvalue weighted by atomic mass is 16.1. The predicted octanol–water partition coefficient (Wildman–Crippen LogP) is 4.06. The van der Waals surface area contributed by atoms with Crippen molar-refractivity contribution in [2.24, 2.45) is 0 Å². The van der Waals surface area contributed by atoms with E-state index in [0.717, 1.165) is 59.5 Å². The molecule has 0 spiro atoms. The van der Waals surface area contributed by atoms with Crippen molar-refractivity contribution in [3.05, 3.63) is 66.5 Å². The molecule has 0 saturated carbocycles. The highest BCUT2D eigenvalue weighted by Gasteiger charge is 2.15. The van der Waals surface area contributed by atoms with Crippen LogP contribution in [0, 0.1) is 0 Å². The Kier molecular flexibility index (Phi) is 6.31. The molecule has 0 aliphatic carbocycles. The van der Waals surface area contributed by atoms with Crippen molar-refractivity contribution < 1.29 is 4.79 Å². The summed E-state index contributed by atoms with van der Waals surface area (Å²) in [5, 5.41) is 13.2. The summed E-state index contributed by atoms with van der Waals surface area (Å²) in [6, 6.07) is 8.77. The Morgan fingerprint density at radius 1 is 1.12 bits per heavy atom. The number of ketones is 1. The van der Waals surface area contributed by atoms with Gasteiger partial charge in [-0.3, -0.25) is 19.4 Å². The van der Waals surface area contributed by atoms with Gasteiger partial charge in [-0.1, -0.05) is 12.1 Å². The van der Waals surface area contributed by atoms with Crippen LogP contribution in [0.2, 0.25) is 0 Å². The number of fused-ring (bicyclic) bond motifs is 1. The molecule has 1 aliphatic rings. The number of carbonyl (C=O) groups is 1. The van der Waals surface area contributed by atoms with Crippen molar-refractivity contribution in [3.8, 4) is 11.3 Å². The van der Waals surface area contributed by atoms with Crippen molar-refractivity contribution in [1.29, 1.82) is 0 Å². The fourth-order valence-corrected chi connectivity index (χ4v) is 4.22. The van der Waals surface area contributed by atoms with Gasteiger partial charge in [0.1, 0.15) is 5.82 Å². The first-order valence-electron chi connectivity index (χ1n) is 11.8. The third kappa shape index (κ3) is 4.97. The maximum Gasteiger partial charge on any atom is 0.171 e. The lowest BCUT2D eigenvalue weighted by atomic mass is 10.0. The normalized spacial score (nSPS) is 14.6. The molecule has 8 nitrogen and oxygen atoms in total. The molecule has 1 aliphatic heterocycles. The monoisotopic (exact) mass is 455 g/mol. The Morgan fingerprint density at radius 2 is 1.97 bits per heavy atom. The number of anilines is 1. The zero-order valence-corrected chi connectivity index (χ0v) is 19.5. The number of nitrogens with zero attached hydrogens (tertiary/aromatic N) is 5. The van der Waals surface area contributed by atoms with Gasteiger partial charge in [-0.15, -0.1) is 0 Å². The summed E-state index contributed by atoms with van der Waals surface area (Å²) >= 11 is 0. The number of aromatic nitrogens is 5. The van der Waals surface area contributed by atoms with Gasteiger partial charge in [0.05, 0.1) is 36.3 Å². The van der Waals surface area contributed by atoms with E-state index in [-0.39, 0.29) is 18.2 Å². The van der Waals surface area contributed by atoms with E-state index in [1.807, 2.05) is 38.2 Å². The minimum absolute atomic E-state index is 0.0115.